The number of ether oxygens (including phenoxy) is 1. The number of rotatable bonds is 4. The van der Waals surface area contributed by atoms with Gasteiger partial charge in [0, 0.05) is 0 Å². The van der Waals surface area contributed by atoms with Crippen LogP contribution >= 0.6 is 0 Å². The molecule has 0 aromatic heterocycles. The molecule has 5 nitrogen and oxygen atoms in total. The van der Waals surface area contributed by atoms with Crippen LogP contribution in [0.1, 0.15) is 41.5 Å². The first-order valence-corrected chi connectivity index (χ1v) is 9.54. The molecule has 0 aliphatic rings. The van der Waals surface area contributed by atoms with Crippen molar-refractivity contribution in [2.45, 2.75) is 38.9 Å². The van der Waals surface area contributed by atoms with Gasteiger partial charge in [-0.05, 0) is 36.3 Å². The van der Waals surface area contributed by atoms with Crippen molar-refractivity contribution in [2.24, 2.45) is 0 Å². The minimum absolute atomic E-state index is 0.00612. The average Bonchev–Trinajstić information content (AvgIpc) is 2.35. The Bertz CT molecular complexity index is 558. The zero-order valence-electron chi connectivity index (χ0n) is 13.3. The molecular weight excluding hydrogens is 288 g/mol. The number of carboxylic acids is 1. The van der Waals surface area contributed by atoms with E-state index in [1.54, 1.807) is 0 Å². The number of esters is 1. The van der Waals surface area contributed by atoms with Gasteiger partial charge in [-0.3, -0.25) is 0 Å². The van der Waals surface area contributed by atoms with Gasteiger partial charge in [0.15, 0.2) is 0 Å². The molecular formula is C15H22O5Si. The van der Waals surface area contributed by atoms with Crippen molar-refractivity contribution in [3.8, 4) is 5.75 Å². The predicted molar refractivity (Wildman–Crippen MR) is 82.6 cm³/mol. The van der Waals surface area contributed by atoms with E-state index in [1.807, 2.05) is 0 Å². The summed E-state index contributed by atoms with van der Waals surface area (Å²) in [5.74, 6) is -1.30. The van der Waals surface area contributed by atoms with Gasteiger partial charge in [-0.15, -0.1) is 0 Å². The van der Waals surface area contributed by atoms with Gasteiger partial charge in [-0.2, -0.15) is 0 Å². The van der Waals surface area contributed by atoms with Crippen LogP contribution in [0, 0.1) is 0 Å². The highest BCUT2D eigenvalue weighted by Crippen LogP contribution is 2.37. The second-order valence-corrected chi connectivity index (χ2v) is 11.1. The topological polar surface area (TPSA) is 72.8 Å². The number of carbonyl (C=O) groups excluding carboxylic acids is 1. The maximum atomic E-state index is 11.6. The molecule has 0 amide bonds. The molecule has 0 radical (unpaired) electrons. The van der Waals surface area contributed by atoms with Crippen molar-refractivity contribution in [1.29, 1.82) is 0 Å². The van der Waals surface area contributed by atoms with Crippen LogP contribution in [0.4, 0.5) is 0 Å². The lowest BCUT2D eigenvalue weighted by molar-refractivity contribution is 0.0600. The number of hydrogen-bond acceptors (Lipinski definition) is 4. The van der Waals surface area contributed by atoms with Crippen molar-refractivity contribution in [1.82, 2.24) is 0 Å². The van der Waals surface area contributed by atoms with E-state index in [1.165, 1.54) is 25.3 Å². The van der Waals surface area contributed by atoms with Gasteiger partial charge >= 0.3 is 11.9 Å². The summed E-state index contributed by atoms with van der Waals surface area (Å²) < 4.78 is 10.7. The number of carbonyl (C=O) groups is 2. The van der Waals surface area contributed by atoms with Gasteiger partial charge in [0.2, 0.25) is 8.32 Å². The van der Waals surface area contributed by atoms with Crippen LogP contribution in [-0.4, -0.2) is 32.5 Å². The summed E-state index contributed by atoms with van der Waals surface area (Å²) in [6.45, 7) is 10.4. The molecule has 0 spiro atoms. The number of methoxy groups -OCH3 is 1. The first-order chi connectivity index (χ1) is 9.48. The van der Waals surface area contributed by atoms with Crippen LogP contribution in [0.3, 0.4) is 0 Å². The fraction of sp³-hybridized carbons (Fsp3) is 0.467. The minimum atomic E-state index is -2.12. The highest BCUT2D eigenvalue weighted by atomic mass is 28.4. The van der Waals surface area contributed by atoms with Crippen molar-refractivity contribution in [3.63, 3.8) is 0 Å². The van der Waals surface area contributed by atoms with E-state index in [4.69, 9.17) is 9.53 Å². The molecule has 116 valence electrons. The average molecular weight is 310 g/mol. The lowest BCUT2D eigenvalue weighted by atomic mass is 10.1. The van der Waals surface area contributed by atoms with E-state index < -0.39 is 20.3 Å². The molecule has 0 aliphatic heterocycles. The second-order valence-electron chi connectivity index (χ2n) is 6.41. The van der Waals surface area contributed by atoms with Crippen LogP contribution in [0.2, 0.25) is 18.1 Å². The molecule has 0 heterocycles. The summed E-state index contributed by atoms with van der Waals surface area (Å²) in [4.78, 5) is 22.8. The largest absolute Gasteiger partial charge is 0.543 e. The molecule has 6 heteroatoms. The van der Waals surface area contributed by atoms with E-state index >= 15 is 0 Å². The lowest BCUT2D eigenvalue weighted by Gasteiger charge is -2.36. The maximum absolute atomic E-state index is 11.6. The standard InChI is InChI=1S/C15H22O5Si/c1-15(2,3)21(5,6)20-12-8-10(13(16)17)7-11(9-12)14(18)19-4/h7-9H,1-6H3,(H,16,17). The summed E-state index contributed by atoms with van der Waals surface area (Å²) in [6.07, 6.45) is 0. The summed E-state index contributed by atoms with van der Waals surface area (Å²) in [7, 11) is -0.862. The summed E-state index contributed by atoms with van der Waals surface area (Å²) >= 11 is 0. The molecule has 0 bridgehead atoms. The Morgan fingerprint density at radius 1 is 1.10 bits per heavy atom. The lowest BCUT2D eigenvalue weighted by Crippen LogP contribution is -2.43. The Labute approximate surface area is 126 Å². The minimum Gasteiger partial charge on any atom is -0.543 e. The molecule has 0 saturated heterocycles. The Morgan fingerprint density at radius 3 is 2.05 bits per heavy atom. The van der Waals surface area contributed by atoms with E-state index in [0.29, 0.717) is 5.75 Å². The van der Waals surface area contributed by atoms with Crippen LogP contribution in [0.5, 0.6) is 5.75 Å². The van der Waals surface area contributed by atoms with E-state index in [-0.39, 0.29) is 16.2 Å². The summed E-state index contributed by atoms with van der Waals surface area (Å²) in [5.41, 5.74) is 0.178. The van der Waals surface area contributed by atoms with Crippen molar-refractivity contribution < 1.29 is 23.9 Å². The van der Waals surface area contributed by atoms with E-state index in [9.17, 15) is 9.59 Å². The molecule has 1 aromatic carbocycles. The Hall–Kier alpha value is -1.82. The number of carboxylic acid groups (broad SMARTS) is 1. The quantitative estimate of drug-likeness (QED) is 0.680. The van der Waals surface area contributed by atoms with Gasteiger partial charge in [0.05, 0.1) is 18.2 Å². The smallest absolute Gasteiger partial charge is 0.338 e. The molecule has 0 unspecified atom stereocenters. The Balaban J connectivity index is 3.27. The molecule has 0 fully saturated rings. The molecule has 0 aliphatic carbocycles. The first kappa shape index (κ1) is 17.2. The maximum Gasteiger partial charge on any atom is 0.338 e. The zero-order chi connectivity index (χ0) is 16.4. The van der Waals surface area contributed by atoms with E-state index in [0.717, 1.165) is 0 Å². The number of aromatic carboxylic acids is 1. The SMILES string of the molecule is COC(=O)c1cc(O[Si](C)(C)C(C)(C)C)cc(C(=O)O)c1. The van der Waals surface area contributed by atoms with Crippen molar-refractivity contribution in [2.75, 3.05) is 7.11 Å². The third-order valence-electron chi connectivity index (χ3n) is 3.75. The van der Waals surface area contributed by atoms with Gasteiger partial charge in [-0.25, -0.2) is 9.59 Å². The normalized spacial score (nSPS) is 11.9. The Kier molecular flexibility index (Phi) is 4.83. The monoisotopic (exact) mass is 310 g/mol. The number of hydrogen-bond donors (Lipinski definition) is 1. The van der Waals surface area contributed by atoms with Gasteiger partial charge in [0.25, 0.3) is 0 Å². The molecule has 21 heavy (non-hydrogen) atoms. The fourth-order valence-electron chi connectivity index (χ4n) is 1.46. The summed E-state index contributed by atoms with van der Waals surface area (Å²) in [6, 6.07) is 4.25. The molecule has 1 N–H and O–H groups in total. The zero-order valence-corrected chi connectivity index (χ0v) is 14.3. The predicted octanol–water partition coefficient (Wildman–Crippen LogP) is 3.56. The van der Waals surface area contributed by atoms with Crippen LogP contribution in [0.25, 0.3) is 0 Å². The van der Waals surface area contributed by atoms with Gasteiger partial charge < -0.3 is 14.3 Å². The van der Waals surface area contributed by atoms with Crippen LogP contribution in [0.15, 0.2) is 18.2 Å². The number of benzene rings is 1. The molecule has 0 atom stereocenters. The second kappa shape index (κ2) is 5.89. The first-order valence-electron chi connectivity index (χ1n) is 6.63. The van der Waals surface area contributed by atoms with Crippen molar-refractivity contribution >= 4 is 20.3 Å². The fourth-order valence-corrected chi connectivity index (χ4v) is 2.48. The Morgan fingerprint density at radius 2 is 1.62 bits per heavy atom. The summed E-state index contributed by atoms with van der Waals surface area (Å²) in [5, 5.41) is 9.12. The van der Waals surface area contributed by atoms with Crippen molar-refractivity contribution in [3.05, 3.63) is 29.3 Å². The van der Waals surface area contributed by atoms with E-state index in [2.05, 4.69) is 38.6 Å². The molecule has 0 saturated carbocycles. The third-order valence-corrected chi connectivity index (χ3v) is 8.11. The van der Waals surface area contributed by atoms with Crippen LogP contribution in [-0.2, 0) is 4.74 Å². The molecule has 1 aromatic rings. The third kappa shape index (κ3) is 4.07. The van der Waals surface area contributed by atoms with Gasteiger partial charge in [0.1, 0.15) is 5.75 Å². The van der Waals surface area contributed by atoms with Crippen LogP contribution < -0.4 is 4.43 Å². The molecule has 1 rings (SSSR count). The highest BCUT2D eigenvalue weighted by Gasteiger charge is 2.39. The highest BCUT2D eigenvalue weighted by molar-refractivity contribution is 6.74. The van der Waals surface area contributed by atoms with Gasteiger partial charge in [-0.1, -0.05) is 20.8 Å².